The summed E-state index contributed by atoms with van der Waals surface area (Å²) in [6.07, 6.45) is 5.79. The third-order valence-corrected chi connectivity index (χ3v) is 4.27. The second kappa shape index (κ2) is 9.09. The Kier molecular flexibility index (Phi) is 7.78. The van der Waals surface area contributed by atoms with E-state index in [9.17, 15) is 0 Å². The second-order valence-corrected chi connectivity index (χ2v) is 5.67. The Bertz CT molecular complexity index is 505. The van der Waals surface area contributed by atoms with Crippen LogP contribution in [0.25, 0.3) is 10.9 Å². The van der Waals surface area contributed by atoms with Gasteiger partial charge in [0.1, 0.15) is 0 Å². The molecule has 1 unspecified atom stereocenters. The van der Waals surface area contributed by atoms with E-state index in [0.717, 1.165) is 0 Å². The normalized spacial score (nSPS) is 12.1. The number of fused-ring (bicyclic) bond motifs is 1. The molecule has 2 aromatic rings. The molecule has 0 spiro atoms. The van der Waals surface area contributed by atoms with Gasteiger partial charge in [0.2, 0.25) is 0 Å². The maximum atomic E-state index is 3.57. The van der Waals surface area contributed by atoms with E-state index in [1.807, 2.05) is 13.8 Å². The molecule has 1 aromatic carbocycles. The van der Waals surface area contributed by atoms with Gasteiger partial charge in [-0.2, -0.15) is 0 Å². The average Bonchev–Trinajstić information content (AvgIpc) is 2.86. The summed E-state index contributed by atoms with van der Waals surface area (Å²) in [6.45, 7) is 8.49. The summed E-state index contributed by atoms with van der Waals surface area (Å²) in [5, 5.41) is 1.31. The zero-order valence-corrected chi connectivity index (χ0v) is 14.3. The number of hydrogen-bond donors (Lipinski definition) is 1. The zero-order valence-electron chi connectivity index (χ0n) is 13.4. The molecular formula is C17H28N2S. The highest BCUT2D eigenvalue weighted by atomic mass is 32.2. The highest BCUT2D eigenvalue weighted by Gasteiger charge is 2.05. The highest BCUT2D eigenvalue weighted by Crippen LogP contribution is 2.23. The minimum absolute atomic E-state index is 0.617. The van der Waals surface area contributed by atoms with E-state index in [1.54, 1.807) is 11.9 Å². The first-order valence-electron chi connectivity index (χ1n) is 7.72. The molecule has 3 heteroatoms. The second-order valence-electron chi connectivity index (χ2n) is 4.76. The Hall–Kier alpha value is -0.930. The summed E-state index contributed by atoms with van der Waals surface area (Å²) in [5.41, 5.74) is 1.29. The van der Waals surface area contributed by atoms with Gasteiger partial charge in [-0.25, -0.2) is 0 Å². The first-order chi connectivity index (χ1) is 9.74. The summed E-state index contributed by atoms with van der Waals surface area (Å²) in [4.78, 5) is 1.29. The predicted octanol–water partition coefficient (Wildman–Crippen LogP) is 5.38. The topological polar surface area (TPSA) is 17.0 Å². The van der Waals surface area contributed by atoms with Crippen LogP contribution in [0.5, 0.6) is 0 Å². The lowest BCUT2D eigenvalue weighted by molar-refractivity contribution is 0.555. The summed E-state index contributed by atoms with van der Waals surface area (Å²) in [5.74, 6) is 0. The van der Waals surface area contributed by atoms with Gasteiger partial charge in [-0.15, -0.1) is 0 Å². The Morgan fingerprint density at radius 2 is 1.95 bits per heavy atom. The molecule has 0 saturated heterocycles. The summed E-state index contributed by atoms with van der Waals surface area (Å²) in [6, 6.07) is 9.43. The van der Waals surface area contributed by atoms with E-state index in [0.29, 0.717) is 6.04 Å². The molecule has 0 aliphatic carbocycles. The average molecular weight is 292 g/mol. The molecule has 0 bridgehead atoms. The Balaban J connectivity index is 0.000000956. The molecule has 0 radical (unpaired) electrons. The van der Waals surface area contributed by atoms with Crippen molar-refractivity contribution in [2.75, 3.05) is 0 Å². The van der Waals surface area contributed by atoms with Crippen LogP contribution in [0, 0.1) is 0 Å². The third-order valence-electron chi connectivity index (χ3n) is 3.33. The molecule has 0 fully saturated rings. The lowest BCUT2D eigenvalue weighted by atomic mass is 10.1. The van der Waals surface area contributed by atoms with Crippen LogP contribution in [0.3, 0.4) is 0 Å². The van der Waals surface area contributed by atoms with Crippen molar-refractivity contribution in [1.82, 2.24) is 9.29 Å². The quantitative estimate of drug-likeness (QED) is 0.720. The van der Waals surface area contributed by atoms with Crippen molar-refractivity contribution in [3.63, 3.8) is 0 Å². The molecule has 1 N–H and O–H groups in total. The molecule has 1 heterocycles. The number of rotatable bonds is 6. The zero-order chi connectivity index (χ0) is 15.0. The van der Waals surface area contributed by atoms with Crippen LogP contribution in [0.15, 0.2) is 35.4 Å². The Morgan fingerprint density at radius 3 is 2.60 bits per heavy atom. The van der Waals surface area contributed by atoms with Crippen LogP contribution >= 0.6 is 11.9 Å². The van der Waals surface area contributed by atoms with Crippen molar-refractivity contribution in [2.45, 2.75) is 57.9 Å². The van der Waals surface area contributed by atoms with E-state index in [4.69, 9.17) is 0 Å². The number of aryl methyl sites for hydroxylation is 1. The van der Waals surface area contributed by atoms with Crippen molar-refractivity contribution >= 4 is 22.9 Å². The maximum Gasteiger partial charge on any atom is 0.0478 e. The van der Waals surface area contributed by atoms with E-state index in [1.165, 1.54) is 35.1 Å². The Morgan fingerprint density at radius 1 is 1.20 bits per heavy atom. The molecule has 0 amide bonds. The van der Waals surface area contributed by atoms with E-state index < -0.39 is 0 Å². The molecule has 2 nitrogen and oxygen atoms in total. The standard InChI is InChI=1S/C15H22N2S.C2H6/c1-4-6-13(5-2)16-18-14-7-8-15-12(11-14)9-10-17(15)3;1-2/h7-11,13,16H,4-6H2,1-3H3;1-2H3. The minimum Gasteiger partial charge on any atom is -0.351 e. The SMILES string of the molecule is CC.CCCC(CC)NSc1ccc2c(ccn2C)c1. The number of nitrogens with zero attached hydrogens (tertiary/aromatic N) is 1. The summed E-state index contributed by atoms with van der Waals surface area (Å²) < 4.78 is 5.72. The van der Waals surface area contributed by atoms with Crippen LogP contribution in [0.1, 0.15) is 47.0 Å². The van der Waals surface area contributed by atoms with E-state index >= 15 is 0 Å². The fourth-order valence-corrected chi connectivity index (χ4v) is 3.08. The van der Waals surface area contributed by atoms with Gasteiger partial charge in [-0.1, -0.05) is 34.1 Å². The molecule has 0 aliphatic heterocycles. The molecule has 112 valence electrons. The van der Waals surface area contributed by atoms with Gasteiger partial charge in [-0.3, -0.25) is 4.72 Å². The van der Waals surface area contributed by atoms with Gasteiger partial charge in [0.25, 0.3) is 0 Å². The van der Waals surface area contributed by atoms with Crippen LogP contribution in [-0.4, -0.2) is 10.6 Å². The molecule has 0 aliphatic rings. The summed E-state index contributed by atoms with van der Waals surface area (Å²) >= 11 is 1.76. The van der Waals surface area contributed by atoms with Crippen molar-refractivity contribution in [3.05, 3.63) is 30.5 Å². The fourth-order valence-electron chi connectivity index (χ4n) is 2.17. The monoisotopic (exact) mass is 292 g/mol. The van der Waals surface area contributed by atoms with Crippen LogP contribution in [-0.2, 0) is 7.05 Å². The smallest absolute Gasteiger partial charge is 0.0478 e. The maximum absolute atomic E-state index is 3.57. The third kappa shape index (κ3) is 4.57. The lowest BCUT2D eigenvalue weighted by Crippen LogP contribution is -2.21. The largest absolute Gasteiger partial charge is 0.351 e. The van der Waals surface area contributed by atoms with Gasteiger partial charge in [0, 0.05) is 35.1 Å². The first-order valence-corrected chi connectivity index (χ1v) is 8.53. The first kappa shape index (κ1) is 17.1. The predicted molar refractivity (Wildman–Crippen MR) is 92.2 cm³/mol. The van der Waals surface area contributed by atoms with Gasteiger partial charge >= 0.3 is 0 Å². The molecule has 1 atom stereocenters. The van der Waals surface area contributed by atoms with Crippen LogP contribution in [0.2, 0.25) is 0 Å². The minimum atomic E-state index is 0.617. The number of benzene rings is 1. The molecule has 2 rings (SSSR count). The summed E-state index contributed by atoms with van der Waals surface area (Å²) in [7, 11) is 2.09. The van der Waals surface area contributed by atoms with E-state index in [2.05, 4.69) is 60.6 Å². The van der Waals surface area contributed by atoms with Gasteiger partial charge in [0.05, 0.1) is 0 Å². The van der Waals surface area contributed by atoms with Gasteiger partial charge in [-0.05, 0) is 49.1 Å². The molecular weight excluding hydrogens is 264 g/mol. The van der Waals surface area contributed by atoms with Gasteiger partial charge < -0.3 is 4.57 Å². The fraction of sp³-hybridized carbons (Fsp3) is 0.529. The van der Waals surface area contributed by atoms with Crippen molar-refractivity contribution in [1.29, 1.82) is 0 Å². The van der Waals surface area contributed by atoms with Crippen molar-refractivity contribution in [2.24, 2.45) is 7.05 Å². The van der Waals surface area contributed by atoms with E-state index in [-0.39, 0.29) is 0 Å². The van der Waals surface area contributed by atoms with Crippen LogP contribution < -0.4 is 4.72 Å². The number of hydrogen-bond acceptors (Lipinski definition) is 2. The number of aromatic nitrogens is 1. The number of nitrogens with one attached hydrogen (secondary N) is 1. The van der Waals surface area contributed by atoms with Crippen molar-refractivity contribution < 1.29 is 0 Å². The molecule has 0 saturated carbocycles. The van der Waals surface area contributed by atoms with Crippen LogP contribution in [0.4, 0.5) is 0 Å². The lowest BCUT2D eigenvalue weighted by Gasteiger charge is -2.15. The van der Waals surface area contributed by atoms with Gasteiger partial charge in [0.15, 0.2) is 0 Å². The Labute approximate surface area is 128 Å². The molecule has 20 heavy (non-hydrogen) atoms. The highest BCUT2D eigenvalue weighted by molar-refractivity contribution is 7.97. The van der Waals surface area contributed by atoms with Crippen molar-refractivity contribution in [3.8, 4) is 0 Å². The molecule has 1 aromatic heterocycles.